The fourth-order valence-electron chi connectivity index (χ4n) is 1.50. The van der Waals surface area contributed by atoms with Crippen LogP contribution >= 0.6 is 0 Å². The molecule has 1 aromatic heterocycles. The predicted octanol–water partition coefficient (Wildman–Crippen LogP) is 0.234. The van der Waals surface area contributed by atoms with Gasteiger partial charge >= 0.3 is 0 Å². The molecule has 2 aromatic rings. The zero-order valence-corrected chi connectivity index (χ0v) is 11.0. The summed E-state index contributed by atoms with van der Waals surface area (Å²) in [5.74, 6) is 0.548. The SMILES string of the molecule is O=[N+]([O-])c1cccc(S(=O)(=O)NCCc2ncn[nH]2)c1. The van der Waals surface area contributed by atoms with Crippen molar-refractivity contribution in [2.24, 2.45) is 0 Å². The lowest BCUT2D eigenvalue weighted by atomic mass is 10.3. The summed E-state index contributed by atoms with van der Waals surface area (Å²) in [7, 11) is -3.79. The molecule has 1 aromatic carbocycles. The van der Waals surface area contributed by atoms with Gasteiger partial charge in [-0.05, 0) is 6.07 Å². The number of nitro groups is 1. The van der Waals surface area contributed by atoms with Crippen LogP contribution in [0.5, 0.6) is 0 Å². The molecule has 0 radical (unpaired) electrons. The molecular formula is C10H11N5O4S. The van der Waals surface area contributed by atoms with E-state index in [9.17, 15) is 18.5 Å². The first kappa shape index (κ1) is 14.1. The monoisotopic (exact) mass is 297 g/mol. The average Bonchev–Trinajstić information content (AvgIpc) is 2.92. The van der Waals surface area contributed by atoms with Gasteiger partial charge in [0.05, 0.1) is 9.82 Å². The van der Waals surface area contributed by atoms with Crippen molar-refractivity contribution in [1.29, 1.82) is 0 Å². The number of hydrogen-bond acceptors (Lipinski definition) is 6. The fourth-order valence-corrected chi connectivity index (χ4v) is 2.57. The van der Waals surface area contributed by atoms with Crippen LogP contribution in [-0.4, -0.2) is 35.1 Å². The van der Waals surface area contributed by atoms with Gasteiger partial charge in [-0.1, -0.05) is 6.07 Å². The molecule has 0 aliphatic carbocycles. The quantitative estimate of drug-likeness (QED) is 0.579. The second-order valence-electron chi connectivity index (χ2n) is 3.83. The van der Waals surface area contributed by atoms with Gasteiger partial charge in [0.1, 0.15) is 12.2 Å². The summed E-state index contributed by atoms with van der Waals surface area (Å²) in [5.41, 5.74) is -0.275. The van der Waals surface area contributed by atoms with Crippen LogP contribution in [0.25, 0.3) is 0 Å². The van der Waals surface area contributed by atoms with Crippen molar-refractivity contribution in [1.82, 2.24) is 19.9 Å². The molecular weight excluding hydrogens is 286 g/mol. The van der Waals surface area contributed by atoms with Gasteiger partial charge in [0.2, 0.25) is 10.0 Å². The van der Waals surface area contributed by atoms with Crippen molar-refractivity contribution in [3.63, 3.8) is 0 Å². The number of rotatable bonds is 6. The summed E-state index contributed by atoms with van der Waals surface area (Å²) in [4.78, 5) is 13.7. The van der Waals surface area contributed by atoms with Gasteiger partial charge in [-0.3, -0.25) is 15.2 Å². The van der Waals surface area contributed by atoms with Crippen molar-refractivity contribution in [3.8, 4) is 0 Å². The van der Waals surface area contributed by atoms with Crippen LogP contribution in [0, 0.1) is 10.1 Å². The second-order valence-corrected chi connectivity index (χ2v) is 5.60. The smallest absolute Gasteiger partial charge is 0.263 e. The molecule has 106 valence electrons. The molecule has 9 nitrogen and oxygen atoms in total. The first-order valence-corrected chi connectivity index (χ1v) is 7.06. The van der Waals surface area contributed by atoms with Crippen molar-refractivity contribution in [2.75, 3.05) is 6.54 Å². The summed E-state index contributed by atoms with van der Waals surface area (Å²) >= 11 is 0. The maximum Gasteiger partial charge on any atom is 0.270 e. The number of nitrogens with one attached hydrogen (secondary N) is 2. The number of sulfonamides is 1. The molecule has 20 heavy (non-hydrogen) atoms. The van der Waals surface area contributed by atoms with E-state index in [4.69, 9.17) is 0 Å². The molecule has 0 unspecified atom stereocenters. The number of nitrogens with zero attached hydrogens (tertiary/aromatic N) is 3. The van der Waals surface area contributed by atoms with Gasteiger partial charge in [-0.25, -0.2) is 18.1 Å². The Morgan fingerprint density at radius 3 is 2.85 bits per heavy atom. The third-order valence-corrected chi connectivity index (χ3v) is 3.92. The molecule has 0 atom stereocenters. The number of non-ortho nitro benzene ring substituents is 1. The van der Waals surface area contributed by atoms with E-state index in [1.165, 1.54) is 24.5 Å². The van der Waals surface area contributed by atoms with E-state index < -0.39 is 14.9 Å². The predicted molar refractivity (Wildman–Crippen MR) is 68.4 cm³/mol. The first-order chi connectivity index (χ1) is 9.49. The number of nitro benzene ring substituents is 1. The van der Waals surface area contributed by atoms with Crippen LogP contribution in [0.1, 0.15) is 5.82 Å². The lowest BCUT2D eigenvalue weighted by Crippen LogP contribution is -2.26. The fraction of sp³-hybridized carbons (Fsp3) is 0.200. The Balaban J connectivity index is 2.06. The number of benzene rings is 1. The molecule has 0 saturated heterocycles. The third kappa shape index (κ3) is 3.36. The number of aromatic nitrogens is 3. The highest BCUT2D eigenvalue weighted by Gasteiger charge is 2.17. The van der Waals surface area contributed by atoms with E-state index in [0.29, 0.717) is 12.2 Å². The van der Waals surface area contributed by atoms with Gasteiger partial charge in [-0.15, -0.1) is 0 Å². The van der Waals surface area contributed by atoms with Gasteiger partial charge in [0, 0.05) is 25.1 Å². The minimum Gasteiger partial charge on any atom is -0.263 e. The van der Waals surface area contributed by atoms with Crippen LogP contribution in [0.4, 0.5) is 5.69 Å². The molecule has 2 rings (SSSR count). The Morgan fingerprint density at radius 2 is 2.20 bits per heavy atom. The average molecular weight is 297 g/mol. The molecule has 0 aliphatic rings. The number of aromatic amines is 1. The van der Waals surface area contributed by atoms with E-state index in [0.717, 1.165) is 6.07 Å². The standard InChI is InChI=1S/C10H11N5O4S/c16-15(17)8-2-1-3-9(6-8)20(18,19)13-5-4-10-11-7-12-14-10/h1-3,6-7,13H,4-5H2,(H,11,12,14). The van der Waals surface area contributed by atoms with Crippen molar-refractivity contribution in [3.05, 3.63) is 46.5 Å². The molecule has 0 fully saturated rings. The molecule has 1 heterocycles. The summed E-state index contributed by atoms with van der Waals surface area (Å²) in [5, 5.41) is 16.9. The van der Waals surface area contributed by atoms with Crippen molar-refractivity contribution < 1.29 is 13.3 Å². The van der Waals surface area contributed by atoms with Gasteiger partial charge < -0.3 is 0 Å². The van der Waals surface area contributed by atoms with Crippen LogP contribution in [-0.2, 0) is 16.4 Å². The Kier molecular flexibility index (Phi) is 4.05. The molecule has 2 N–H and O–H groups in total. The number of H-pyrrole nitrogens is 1. The van der Waals surface area contributed by atoms with E-state index in [1.807, 2.05) is 0 Å². The number of hydrogen-bond donors (Lipinski definition) is 2. The van der Waals surface area contributed by atoms with E-state index in [-0.39, 0.29) is 17.1 Å². The molecule has 0 bridgehead atoms. The highest BCUT2D eigenvalue weighted by atomic mass is 32.2. The second kappa shape index (κ2) is 5.75. The van der Waals surface area contributed by atoms with Crippen LogP contribution in [0.3, 0.4) is 0 Å². The van der Waals surface area contributed by atoms with E-state index in [1.54, 1.807) is 0 Å². The Morgan fingerprint density at radius 1 is 1.40 bits per heavy atom. The summed E-state index contributed by atoms with van der Waals surface area (Å²) in [6.07, 6.45) is 1.67. The van der Waals surface area contributed by atoms with Crippen LogP contribution in [0.15, 0.2) is 35.5 Å². The molecule has 0 spiro atoms. The van der Waals surface area contributed by atoms with E-state index >= 15 is 0 Å². The molecule has 0 amide bonds. The zero-order chi connectivity index (χ0) is 14.6. The summed E-state index contributed by atoms with van der Waals surface area (Å²) in [6.45, 7) is 0.111. The zero-order valence-electron chi connectivity index (χ0n) is 10.2. The molecule has 10 heteroatoms. The maximum absolute atomic E-state index is 12.0. The summed E-state index contributed by atoms with van der Waals surface area (Å²) in [6, 6.07) is 4.86. The topological polar surface area (TPSA) is 131 Å². The van der Waals surface area contributed by atoms with Crippen LogP contribution < -0.4 is 4.72 Å². The van der Waals surface area contributed by atoms with Crippen molar-refractivity contribution >= 4 is 15.7 Å². The highest BCUT2D eigenvalue weighted by molar-refractivity contribution is 7.89. The normalized spacial score (nSPS) is 11.4. The van der Waals surface area contributed by atoms with Gasteiger partial charge in [0.25, 0.3) is 5.69 Å². The Bertz CT molecular complexity index is 698. The molecule has 0 saturated carbocycles. The summed E-state index contributed by atoms with van der Waals surface area (Å²) < 4.78 is 26.3. The van der Waals surface area contributed by atoms with Gasteiger partial charge in [-0.2, -0.15) is 5.10 Å². The third-order valence-electron chi connectivity index (χ3n) is 2.46. The molecule has 0 aliphatic heterocycles. The minimum absolute atomic E-state index is 0.111. The van der Waals surface area contributed by atoms with Gasteiger partial charge in [0.15, 0.2) is 0 Å². The maximum atomic E-state index is 12.0. The largest absolute Gasteiger partial charge is 0.270 e. The lowest BCUT2D eigenvalue weighted by Gasteiger charge is -2.05. The highest BCUT2D eigenvalue weighted by Crippen LogP contribution is 2.16. The van der Waals surface area contributed by atoms with Crippen molar-refractivity contribution in [2.45, 2.75) is 11.3 Å². The lowest BCUT2D eigenvalue weighted by molar-refractivity contribution is -0.385. The van der Waals surface area contributed by atoms with E-state index in [2.05, 4.69) is 19.9 Å². The Hall–Kier alpha value is -2.33. The first-order valence-electron chi connectivity index (χ1n) is 5.57. The van der Waals surface area contributed by atoms with Crippen LogP contribution in [0.2, 0.25) is 0 Å². The minimum atomic E-state index is -3.79. The Labute approximate surface area is 114 Å².